The summed E-state index contributed by atoms with van der Waals surface area (Å²) in [5.41, 5.74) is 2.01. The average Bonchev–Trinajstić information content (AvgIpc) is 2.26. The number of methoxy groups -OCH3 is 1. The van der Waals surface area contributed by atoms with E-state index < -0.39 is 6.16 Å². The molecule has 1 aromatic carbocycles. The topological polar surface area (TPSA) is 38.8 Å². The largest absolute Gasteiger partial charge is 0.508 e. The Morgan fingerprint density at radius 3 is 2.73 bits per heavy atom. The second-order valence-electron chi connectivity index (χ2n) is 3.31. The van der Waals surface area contributed by atoms with Crippen molar-refractivity contribution in [2.24, 2.45) is 0 Å². The van der Waals surface area contributed by atoms with Gasteiger partial charge in [-0.2, -0.15) is 0 Å². The van der Waals surface area contributed by atoms with E-state index in [4.69, 9.17) is 4.74 Å². The highest BCUT2D eigenvalue weighted by Crippen LogP contribution is 2.14. The molecular formula is C11H15NO3. The predicted molar refractivity (Wildman–Crippen MR) is 58.0 cm³/mol. The summed E-state index contributed by atoms with van der Waals surface area (Å²) < 4.78 is 9.21. The van der Waals surface area contributed by atoms with Gasteiger partial charge in [0.15, 0.2) is 0 Å². The molecule has 0 radical (unpaired) electrons. The summed E-state index contributed by atoms with van der Waals surface area (Å²) in [6, 6.07) is 7.77. The number of anilines is 1. The molecule has 0 bridgehead atoms. The molecule has 0 aliphatic heterocycles. The molecule has 1 aromatic rings. The lowest BCUT2D eigenvalue weighted by atomic mass is 10.2. The molecule has 4 heteroatoms. The first kappa shape index (κ1) is 11.4. The highest BCUT2D eigenvalue weighted by atomic mass is 16.7. The molecule has 0 amide bonds. The molecule has 1 rings (SSSR count). The van der Waals surface area contributed by atoms with Crippen molar-refractivity contribution in [3.8, 4) is 0 Å². The standard InChI is InChI=1S/C11H15NO3/c1-12(2)10-6-4-5-9(7-10)8-15-11(13)14-3/h4-7H,8H2,1-3H3. The Kier molecular flexibility index (Phi) is 3.97. The molecule has 0 fully saturated rings. The molecule has 0 aromatic heterocycles. The maximum absolute atomic E-state index is 10.7. The van der Waals surface area contributed by atoms with E-state index in [-0.39, 0.29) is 6.61 Å². The predicted octanol–water partition coefficient (Wildman–Crippen LogP) is 2.04. The van der Waals surface area contributed by atoms with Gasteiger partial charge in [0.05, 0.1) is 7.11 Å². The Morgan fingerprint density at radius 2 is 2.13 bits per heavy atom. The van der Waals surface area contributed by atoms with Crippen molar-refractivity contribution in [3.05, 3.63) is 29.8 Å². The lowest BCUT2D eigenvalue weighted by molar-refractivity contribution is 0.0669. The van der Waals surface area contributed by atoms with Gasteiger partial charge in [0, 0.05) is 19.8 Å². The highest BCUT2D eigenvalue weighted by molar-refractivity contribution is 5.59. The maximum Gasteiger partial charge on any atom is 0.508 e. The summed E-state index contributed by atoms with van der Waals surface area (Å²) >= 11 is 0. The molecule has 0 atom stereocenters. The molecule has 0 saturated heterocycles. The minimum Gasteiger partial charge on any atom is -0.438 e. The second kappa shape index (κ2) is 5.24. The van der Waals surface area contributed by atoms with Crippen LogP contribution in [0.1, 0.15) is 5.56 Å². The minimum atomic E-state index is -0.662. The third kappa shape index (κ3) is 3.50. The first-order valence-electron chi connectivity index (χ1n) is 4.60. The molecule has 4 nitrogen and oxygen atoms in total. The Hall–Kier alpha value is -1.71. The normalized spacial score (nSPS) is 9.53. The highest BCUT2D eigenvalue weighted by Gasteiger charge is 2.02. The molecule has 0 unspecified atom stereocenters. The fourth-order valence-corrected chi connectivity index (χ4v) is 1.13. The van der Waals surface area contributed by atoms with Gasteiger partial charge >= 0.3 is 6.16 Å². The van der Waals surface area contributed by atoms with Crippen LogP contribution in [0.25, 0.3) is 0 Å². The number of hydrogen-bond acceptors (Lipinski definition) is 4. The van der Waals surface area contributed by atoms with Crippen LogP contribution < -0.4 is 4.90 Å². The fourth-order valence-electron chi connectivity index (χ4n) is 1.13. The van der Waals surface area contributed by atoms with Crippen LogP contribution in [-0.4, -0.2) is 27.4 Å². The summed E-state index contributed by atoms with van der Waals surface area (Å²) in [7, 11) is 5.21. The number of rotatable bonds is 3. The van der Waals surface area contributed by atoms with Crippen LogP contribution in [0.4, 0.5) is 10.5 Å². The van der Waals surface area contributed by atoms with Gasteiger partial charge < -0.3 is 14.4 Å². The van der Waals surface area contributed by atoms with Gasteiger partial charge in [-0.25, -0.2) is 4.79 Å². The Labute approximate surface area is 89.4 Å². The summed E-state index contributed by atoms with van der Waals surface area (Å²) in [5.74, 6) is 0. The van der Waals surface area contributed by atoms with Crippen LogP contribution in [0.2, 0.25) is 0 Å². The average molecular weight is 209 g/mol. The second-order valence-corrected chi connectivity index (χ2v) is 3.31. The number of nitrogens with zero attached hydrogens (tertiary/aromatic N) is 1. The minimum absolute atomic E-state index is 0.231. The van der Waals surface area contributed by atoms with Crippen molar-refractivity contribution in [3.63, 3.8) is 0 Å². The molecule has 15 heavy (non-hydrogen) atoms. The summed E-state index contributed by atoms with van der Waals surface area (Å²) in [6.07, 6.45) is -0.662. The third-order valence-corrected chi connectivity index (χ3v) is 1.95. The Balaban J connectivity index is 2.61. The number of benzene rings is 1. The van der Waals surface area contributed by atoms with Gasteiger partial charge in [0.1, 0.15) is 6.61 Å². The molecule has 0 aliphatic carbocycles. The summed E-state index contributed by atoms with van der Waals surface area (Å²) in [5, 5.41) is 0. The van der Waals surface area contributed by atoms with E-state index in [0.29, 0.717) is 0 Å². The molecule has 0 saturated carbocycles. The van der Waals surface area contributed by atoms with Crippen LogP contribution in [0.3, 0.4) is 0 Å². The Bertz CT molecular complexity index is 336. The maximum atomic E-state index is 10.7. The van der Waals surface area contributed by atoms with Crippen molar-refractivity contribution in [1.29, 1.82) is 0 Å². The molecular weight excluding hydrogens is 194 g/mol. The third-order valence-electron chi connectivity index (χ3n) is 1.95. The van der Waals surface area contributed by atoms with E-state index in [2.05, 4.69) is 4.74 Å². The molecule has 0 heterocycles. The zero-order valence-corrected chi connectivity index (χ0v) is 9.19. The van der Waals surface area contributed by atoms with Gasteiger partial charge in [-0.3, -0.25) is 0 Å². The van der Waals surface area contributed by atoms with Crippen molar-refractivity contribution < 1.29 is 14.3 Å². The fraction of sp³-hybridized carbons (Fsp3) is 0.364. The van der Waals surface area contributed by atoms with Gasteiger partial charge in [-0.05, 0) is 17.7 Å². The van der Waals surface area contributed by atoms with Crippen LogP contribution in [0.15, 0.2) is 24.3 Å². The SMILES string of the molecule is COC(=O)OCc1cccc(N(C)C)c1. The van der Waals surface area contributed by atoms with Gasteiger partial charge in [-0.1, -0.05) is 12.1 Å². The van der Waals surface area contributed by atoms with E-state index in [9.17, 15) is 4.79 Å². The lowest BCUT2D eigenvalue weighted by Crippen LogP contribution is -2.09. The molecule has 0 aliphatic rings. The monoisotopic (exact) mass is 209 g/mol. The number of ether oxygens (including phenoxy) is 2. The molecule has 82 valence electrons. The van der Waals surface area contributed by atoms with Crippen LogP contribution >= 0.6 is 0 Å². The van der Waals surface area contributed by atoms with E-state index >= 15 is 0 Å². The van der Waals surface area contributed by atoms with Crippen molar-refractivity contribution in [1.82, 2.24) is 0 Å². The Morgan fingerprint density at radius 1 is 1.40 bits per heavy atom. The van der Waals surface area contributed by atoms with Crippen molar-refractivity contribution in [2.75, 3.05) is 26.1 Å². The quantitative estimate of drug-likeness (QED) is 0.714. The van der Waals surface area contributed by atoms with Gasteiger partial charge in [0.2, 0.25) is 0 Å². The summed E-state index contributed by atoms with van der Waals surface area (Å²) in [6.45, 7) is 0.231. The first-order valence-corrected chi connectivity index (χ1v) is 4.60. The van der Waals surface area contributed by atoms with E-state index in [1.165, 1.54) is 7.11 Å². The van der Waals surface area contributed by atoms with Crippen LogP contribution in [-0.2, 0) is 16.1 Å². The van der Waals surface area contributed by atoms with E-state index in [0.717, 1.165) is 11.3 Å². The van der Waals surface area contributed by atoms with Crippen molar-refractivity contribution in [2.45, 2.75) is 6.61 Å². The number of carbonyl (C=O) groups is 1. The van der Waals surface area contributed by atoms with Gasteiger partial charge in [-0.15, -0.1) is 0 Å². The lowest BCUT2D eigenvalue weighted by Gasteiger charge is -2.13. The smallest absolute Gasteiger partial charge is 0.438 e. The zero-order valence-electron chi connectivity index (χ0n) is 9.19. The zero-order chi connectivity index (χ0) is 11.3. The summed E-state index contributed by atoms with van der Waals surface area (Å²) in [4.78, 5) is 12.7. The van der Waals surface area contributed by atoms with Crippen LogP contribution in [0.5, 0.6) is 0 Å². The number of hydrogen-bond donors (Lipinski definition) is 0. The van der Waals surface area contributed by atoms with Crippen molar-refractivity contribution >= 4 is 11.8 Å². The van der Waals surface area contributed by atoms with Gasteiger partial charge in [0.25, 0.3) is 0 Å². The number of carbonyl (C=O) groups excluding carboxylic acids is 1. The van der Waals surface area contributed by atoms with Crippen LogP contribution in [0, 0.1) is 0 Å². The molecule has 0 spiro atoms. The van der Waals surface area contributed by atoms with E-state index in [1.807, 2.05) is 43.3 Å². The molecule has 0 N–H and O–H groups in total. The first-order chi connectivity index (χ1) is 7.13. The van der Waals surface area contributed by atoms with E-state index in [1.54, 1.807) is 0 Å².